The molecule has 0 bridgehead atoms. The van der Waals surface area contributed by atoms with Gasteiger partial charge in [-0.05, 0) is 79.9 Å². The zero-order valence-corrected chi connectivity index (χ0v) is 19.8. The van der Waals surface area contributed by atoms with Crippen LogP contribution in [0.15, 0.2) is 60.7 Å². The Morgan fingerprint density at radius 3 is 2.41 bits per heavy atom. The number of rotatable bonds is 8. The van der Waals surface area contributed by atoms with Gasteiger partial charge in [-0.25, -0.2) is 0 Å². The number of anilines is 2. The molecule has 176 valence electrons. The smallest absolute Gasteiger partial charge is 0.163 e. The van der Waals surface area contributed by atoms with E-state index >= 15 is 0 Å². The highest BCUT2D eigenvalue weighted by atomic mass is 16.5. The third-order valence-corrected chi connectivity index (χ3v) is 6.82. The van der Waals surface area contributed by atoms with E-state index in [0.717, 1.165) is 58.1 Å². The molecular weight excluding hydrogens is 424 g/mol. The van der Waals surface area contributed by atoms with Gasteiger partial charge < -0.3 is 14.8 Å². The van der Waals surface area contributed by atoms with Gasteiger partial charge in [-0.2, -0.15) is 0 Å². The number of nitrogens with one attached hydrogen (secondary N) is 1. The first kappa shape index (κ1) is 22.5. The number of fused-ring (bicyclic) bond motifs is 1. The fourth-order valence-corrected chi connectivity index (χ4v) is 4.89. The van der Waals surface area contributed by atoms with Gasteiger partial charge in [0.15, 0.2) is 5.78 Å². The summed E-state index contributed by atoms with van der Waals surface area (Å²) in [7, 11) is 1.68. The number of benzene rings is 3. The van der Waals surface area contributed by atoms with E-state index in [0.29, 0.717) is 13.0 Å². The lowest BCUT2D eigenvalue weighted by molar-refractivity contribution is 0.0994. The number of Topliss-reactive ketones (excluding diaryl/α,β-unsaturated/α-hetero) is 1. The van der Waals surface area contributed by atoms with E-state index < -0.39 is 0 Å². The van der Waals surface area contributed by atoms with Crippen molar-refractivity contribution in [3.05, 3.63) is 71.8 Å². The second kappa shape index (κ2) is 10.3. The van der Waals surface area contributed by atoms with Gasteiger partial charge in [-0.3, -0.25) is 9.69 Å². The molecule has 0 atom stereocenters. The van der Waals surface area contributed by atoms with Crippen LogP contribution in [0, 0.1) is 0 Å². The van der Waals surface area contributed by atoms with Gasteiger partial charge in [0.2, 0.25) is 0 Å². The van der Waals surface area contributed by atoms with E-state index in [9.17, 15) is 4.79 Å². The largest absolute Gasteiger partial charge is 0.497 e. The fraction of sp³-hybridized carbons (Fsp3) is 0.345. The van der Waals surface area contributed by atoms with E-state index in [1.165, 1.54) is 32.4 Å². The Kier molecular flexibility index (Phi) is 6.82. The molecule has 0 amide bonds. The molecule has 1 aliphatic heterocycles. The van der Waals surface area contributed by atoms with Crippen molar-refractivity contribution < 1.29 is 14.3 Å². The zero-order valence-electron chi connectivity index (χ0n) is 19.8. The average Bonchev–Trinajstić information content (AvgIpc) is 3.25. The van der Waals surface area contributed by atoms with Gasteiger partial charge >= 0.3 is 0 Å². The molecule has 1 N–H and O–H groups in total. The van der Waals surface area contributed by atoms with Crippen molar-refractivity contribution in [1.29, 1.82) is 0 Å². The maximum Gasteiger partial charge on any atom is 0.163 e. The van der Waals surface area contributed by atoms with Crippen LogP contribution in [0.4, 0.5) is 11.4 Å². The molecule has 34 heavy (non-hydrogen) atoms. The Morgan fingerprint density at radius 1 is 0.853 bits per heavy atom. The molecule has 2 aliphatic rings. The van der Waals surface area contributed by atoms with Crippen molar-refractivity contribution in [3.63, 3.8) is 0 Å². The molecule has 1 aliphatic carbocycles. The highest BCUT2D eigenvalue weighted by molar-refractivity contribution is 6.01. The summed E-state index contributed by atoms with van der Waals surface area (Å²) in [6.45, 7) is 4.08. The third kappa shape index (κ3) is 5.10. The van der Waals surface area contributed by atoms with E-state index in [1.807, 2.05) is 48.5 Å². The molecule has 0 aromatic heterocycles. The number of carbonyl (C=O) groups excluding carboxylic acids is 1. The van der Waals surface area contributed by atoms with E-state index in [-0.39, 0.29) is 5.78 Å². The molecule has 0 unspecified atom stereocenters. The summed E-state index contributed by atoms with van der Waals surface area (Å²) < 4.78 is 11.5. The number of piperidine rings is 1. The molecule has 1 saturated heterocycles. The monoisotopic (exact) mass is 456 g/mol. The SMILES string of the molecule is COc1ccc(-c2ccc3c(c2)CCC3=O)c(Nc2ccc(OCCN3CCCCC3)cc2)c1. The maximum absolute atomic E-state index is 12.0. The number of methoxy groups -OCH3 is 1. The first-order valence-corrected chi connectivity index (χ1v) is 12.3. The van der Waals surface area contributed by atoms with Crippen LogP contribution in [0.2, 0.25) is 0 Å². The molecule has 0 radical (unpaired) electrons. The minimum absolute atomic E-state index is 0.243. The Balaban J connectivity index is 1.29. The number of likely N-dealkylation sites (tertiary alicyclic amines) is 1. The van der Waals surface area contributed by atoms with Gasteiger partial charge in [0.25, 0.3) is 0 Å². The van der Waals surface area contributed by atoms with Crippen LogP contribution in [0.1, 0.15) is 41.6 Å². The van der Waals surface area contributed by atoms with Gasteiger partial charge in [-0.1, -0.05) is 24.6 Å². The lowest BCUT2D eigenvalue weighted by Gasteiger charge is -2.26. The molecule has 3 aromatic carbocycles. The number of hydrogen-bond acceptors (Lipinski definition) is 5. The Bertz CT molecular complexity index is 1150. The first-order valence-electron chi connectivity index (χ1n) is 12.3. The Morgan fingerprint density at radius 2 is 1.62 bits per heavy atom. The minimum atomic E-state index is 0.243. The molecule has 1 heterocycles. The van der Waals surface area contributed by atoms with E-state index in [2.05, 4.69) is 22.3 Å². The van der Waals surface area contributed by atoms with E-state index in [1.54, 1.807) is 7.11 Å². The van der Waals surface area contributed by atoms with Crippen LogP contribution >= 0.6 is 0 Å². The number of aryl methyl sites for hydroxylation is 1. The van der Waals surface area contributed by atoms with Crippen LogP contribution in [-0.4, -0.2) is 44.0 Å². The summed E-state index contributed by atoms with van der Waals surface area (Å²) in [5, 5.41) is 3.55. The van der Waals surface area contributed by atoms with Gasteiger partial charge in [-0.15, -0.1) is 0 Å². The quantitative estimate of drug-likeness (QED) is 0.444. The van der Waals surface area contributed by atoms with Crippen molar-refractivity contribution in [2.75, 3.05) is 38.7 Å². The van der Waals surface area contributed by atoms with Crippen molar-refractivity contribution in [3.8, 4) is 22.6 Å². The molecule has 0 saturated carbocycles. The number of ketones is 1. The van der Waals surface area contributed by atoms with Crippen molar-refractivity contribution in [1.82, 2.24) is 4.90 Å². The van der Waals surface area contributed by atoms with Crippen LogP contribution in [0.3, 0.4) is 0 Å². The maximum atomic E-state index is 12.0. The van der Waals surface area contributed by atoms with Gasteiger partial charge in [0.1, 0.15) is 18.1 Å². The Hall–Kier alpha value is -3.31. The third-order valence-electron chi connectivity index (χ3n) is 6.82. The molecule has 1 fully saturated rings. The fourth-order valence-electron chi connectivity index (χ4n) is 4.89. The summed E-state index contributed by atoms with van der Waals surface area (Å²) in [4.78, 5) is 14.5. The Labute approximate surface area is 201 Å². The topological polar surface area (TPSA) is 50.8 Å². The molecule has 5 nitrogen and oxygen atoms in total. The molecule has 5 heteroatoms. The molecule has 0 spiro atoms. The van der Waals surface area contributed by atoms with Crippen molar-refractivity contribution in [2.24, 2.45) is 0 Å². The molecule has 5 rings (SSSR count). The second-order valence-electron chi connectivity index (χ2n) is 9.11. The van der Waals surface area contributed by atoms with Crippen LogP contribution in [-0.2, 0) is 6.42 Å². The van der Waals surface area contributed by atoms with Crippen LogP contribution in [0.25, 0.3) is 11.1 Å². The number of hydrogen-bond donors (Lipinski definition) is 1. The summed E-state index contributed by atoms with van der Waals surface area (Å²) >= 11 is 0. The summed E-state index contributed by atoms with van der Waals surface area (Å²) in [5.41, 5.74) is 6.11. The predicted molar refractivity (Wildman–Crippen MR) is 137 cm³/mol. The minimum Gasteiger partial charge on any atom is -0.497 e. The molecule has 3 aromatic rings. The number of ether oxygens (including phenoxy) is 2. The second-order valence-corrected chi connectivity index (χ2v) is 9.11. The number of nitrogens with zero attached hydrogens (tertiary/aromatic N) is 1. The zero-order chi connectivity index (χ0) is 23.3. The lowest BCUT2D eigenvalue weighted by Crippen LogP contribution is -2.33. The highest BCUT2D eigenvalue weighted by Gasteiger charge is 2.20. The highest BCUT2D eigenvalue weighted by Crippen LogP contribution is 2.36. The number of carbonyl (C=O) groups is 1. The summed E-state index contributed by atoms with van der Waals surface area (Å²) in [6, 6.07) is 20.3. The van der Waals surface area contributed by atoms with Crippen molar-refractivity contribution in [2.45, 2.75) is 32.1 Å². The van der Waals surface area contributed by atoms with Crippen LogP contribution in [0.5, 0.6) is 11.5 Å². The van der Waals surface area contributed by atoms with Gasteiger partial charge in [0.05, 0.1) is 12.8 Å². The predicted octanol–water partition coefficient (Wildman–Crippen LogP) is 6.10. The normalized spacial score (nSPS) is 15.7. The lowest BCUT2D eigenvalue weighted by atomic mass is 9.98. The van der Waals surface area contributed by atoms with Crippen molar-refractivity contribution >= 4 is 17.2 Å². The van der Waals surface area contributed by atoms with E-state index in [4.69, 9.17) is 9.47 Å². The first-order chi connectivity index (χ1) is 16.7. The van der Waals surface area contributed by atoms with Crippen LogP contribution < -0.4 is 14.8 Å². The average molecular weight is 457 g/mol. The van der Waals surface area contributed by atoms with Gasteiger partial charge in [0, 0.05) is 35.8 Å². The summed E-state index contributed by atoms with van der Waals surface area (Å²) in [6.07, 6.45) is 5.39. The molecular formula is C29H32N2O3. The standard InChI is InChI=1S/C29H32N2O3/c1-33-25-11-13-26(21-5-12-27-22(19-21)6-14-29(27)32)28(20-25)30-23-7-9-24(10-8-23)34-18-17-31-15-3-2-4-16-31/h5,7-13,19-20,30H,2-4,6,14-18H2,1H3. The summed E-state index contributed by atoms with van der Waals surface area (Å²) in [5.74, 6) is 1.92.